The van der Waals surface area contributed by atoms with Crippen LogP contribution in [0.3, 0.4) is 0 Å². The number of hydrogen-bond acceptors (Lipinski definition) is 7. The van der Waals surface area contributed by atoms with E-state index < -0.39 is 31.0 Å². The van der Waals surface area contributed by atoms with E-state index in [1.54, 1.807) is 30.3 Å². The number of amides is 2. The maximum atomic E-state index is 11.9. The van der Waals surface area contributed by atoms with Gasteiger partial charge in [0.1, 0.15) is 5.75 Å². The van der Waals surface area contributed by atoms with Crippen molar-refractivity contribution in [1.29, 1.82) is 0 Å². The number of benzene rings is 2. The molecule has 0 aliphatic carbocycles. The Labute approximate surface area is 154 Å². The van der Waals surface area contributed by atoms with Gasteiger partial charge >= 0.3 is 5.97 Å². The number of carbonyl (C=O) groups excluding carboxylic acids is 3. The predicted octanol–water partition coefficient (Wildman–Crippen LogP) is 1.07. The average molecular weight is 372 g/mol. The van der Waals surface area contributed by atoms with Crippen molar-refractivity contribution in [3.05, 3.63) is 48.0 Å². The zero-order valence-electron chi connectivity index (χ0n) is 14.1. The summed E-state index contributed by atoms with van der Waals surface area (Å²) >= 11 is 0. The molecule has 0 atom stereocenters. The fourth-order valence-electron chi connectivity index (χ4n) is 2.29. The second-order valence-electron chi connectivity index (χ2n) is 5.43. The van der Waals surface area contributed by atoms with Gasteiger partial charge in [0.25, 0.3) is 11.8 Å². The number of nitrogens with one attached hydrogen (secondary N) is 1. The molecule has 0 fully saturated rings. The molecule has 0 saturated carbocycles. The molecule has 140 valence electrons. The lowest BCUT2D eigenvalue weighted by Gasteiger charge is -2.10. The van der Waals surface area contributed by atoms with Crippen molar-refractivity contribution in [2.24, 2.45) is 5.73 Å². The third kappa shape index (κ3) is 4.66. The molecule has 0 unspecified atom stereocenters. The number of ether oxygens (including phenoxy) is 4. The van der Waals surface area contributed by atoms with Gasteiger partial charge in [0.15, 0.2) is 24.7 Å². The highest BCUT2D eigenvalue weighted by atomic mass is 16.7. The Kier molecular flexibility index (Phi) is 5.41. The standard InChI is InChI=1S/C18H16N2O7/c19-18(23)12-3-1-2-4-13(12)24-9-17(22)25-8-16(21)20-11-5-6-14-15(7-11)27-10-26-14/h1-7H,8-10H2,(H2,19,23)(H,20,21). The quantitative estimate of drug-likeness (QED) is 0.696. The van der Waals surface area contributed by atoms with Crippen LogP contribution in [0, 0.1) is 0 Å². The minimum atomic E-state index is -0.768. The third-order valence-electron chi connectivity index (χ3n) is 3.52. The summed E-state index contributed by atoms with van der Waals surface area (Å²) in [6.45, 7) is -0.834. The third-order valence-corrected chi connectivity index (χ3v) is 3.52. The smallest absolute Gasteiger partial charge is 0.344 e. The minimum absolute atomic E-state index is 0.128. The Morgan fingerprint density at radius 2 is 1.81 bits per heavy atom. The van der Waals surface area contributed by atoms with Crippen molar-refractivity contribution < 1.29 is 33.3 Å². The molecule has 2 aromatic rings. The molecule has 9 heteroatoms. The molecule has 0 saturated heterocycles. The molecule has 2 aromatic carbocycles. The number of rotatable bonds is 7. The fraction of sp³-hybridized carbons (Fsp3) is 0.167. The summed E-state index contributed by atoms with van der Waals surface area (Å²) in [5, 5.41) is 2.57. The van der Waals surface area contributed by atoms with E-state index in [1.807, 2.05) is 0 Å². The number of hydrogen-bond donors (Lipinski definition) is 2. The predicted molar refractivity (Wildman–Crippen MR) is 92.6 cm³/mol. The van der Waals surface area contributed by atoms with Gasteiger partial charge in [-0.15, -0.1) is 0 Å². The highest BCUT2D eigenvalue weighted by Crippen LogP contribution is 2.34. The van der Waals surface area contributed by atoms with Crippen LogP contribution in [0.1, 0.15) is 10.4 Å². The molecule has 1 aliphatic rings. The maximum Gasteiger partial charge on any atom is 0.344 e. The highest BCUT2D eigenvalue weighted by molar-refractivity contribution is 5.95. The first kappa shape index (κ1) is 18.1. The second-order valence-corrected chi connectivity index (χ2v) is 5.43. The van der Waals surface area contributed by atoms with E-state index in [2.05, 4.69) is 5.32 Å². The summed E-state index contributed by atoms with van der Waals surface area (Å²) in [4.78, 5) is 34.9. The van der Waals surface area contributed by atoms with Crippen molar-refractivity contribution in [3.8, 4) is 17.2 Å². The monoisotopic (exact) mass is 372 g/mol. The molecule has 0 spiro atoms. The number of carbonyl (C=O) groups is 3. The van der Waals surface area contributed by atoms with Gasteiger partial charge in [0.05, 0.1) is 5.56 Å². The normalized spacial score (nSPS) is 11.6. The Hall–Kier alpha value is -3.75. The van der Waals surface area contributed by atoms with E-state index >= 15 is 0 Å². The topological polar surface area (TPSA) is 126 Å². The van der Waals surface area contributed by atoms with Crippen LogP contribution < -0.4 is 25.3 Å². The van der Waals surface area contributed by atoms with Crippen molar-refractivity contribution >= 4 is 23.5 Å². The fourth-order valence-corrected chi connectivity index (χ4v) is 2.29. The molecular weight excluding hydrogens is 356 g/mol. The molecule has 9 nitrogen and oxygen atoms in total. The Morgan fingerprint density at radius 3 is 2.63 bits per heavy atom. The number of primary amides is 1. The Bertz CT molecular complexity index is 882. The molecule has 1 aliphatic heterocycles. The molecule has 0 aromatic heterocycles. The van der Waals surface area contributed by atoms with Crippen LogP contribution in [0.15, 0.2) is 42.5 Å². The number of fused-ring (bicyclic) bond motifs is 1. The van der Waals surface area contributed by atoms with Crippen LogP contribution in [-0.4, -0.2) is 37.8 Å². The van der Waals surface area contributed by atoms with Crippen LogP contribution in [-0.2, 0) is 14.3 Å². The average Bonchev–Trinajstić information content (AvgIpc) is 3.12. The van der Waals surface area contributed by atoms with E-state index in [0.29, 0.717) is 17.2 Å². The van der Waals surface area contributed by atoms with Gasteiger partial charge in [0.2, 0.25) is 6.79 Å². The molecule has 3 rings (SSSR count). The second kappa shape index (κ2) is 8.09. The van der Waals surface area contributed by atoms with E-state index in [-0.39, 0.29) is 18.1 Å². The number of nitrogens with two attached hydrogens (primary N) is 1. The zero-order valence-corrected chi connectivity index (χ0v) is 14.1. The SMILES string of the molecule is NC(=O)c1ccccc1OCC(=O)OCC(=O)Nc1ccc2c(c1)OCO2. The van der Waals surface area contributed by atoms with Crippen LogP contribution >= 0.6 is 0 Å². The van der Waals surface area contributed by atoms with Gasteiger partial charge in [-0.1, -0.05) is 12.1 Å². The summed E-state index contributed by atoms with van der Waals surface area (Å²) in [5.74, 6) is -0.706. The van der Waals surface area contributed by atoms with Gasteiger partial charge in [-0.25, -0.2) is 4.79 Å². The van der Waals surface area contributed by atoms with Gasteiger partial charge in [-0.05, 0) is 24.3 Å². The summed E-state index contributed by atoms with van der Waals surface area (Å²) in [5.41, 5.74) is 5.84. The first-order valence-electron chi connectivity index (χ1n) is 7.89. The summed E-state index contributed by atoms with van der Waals surface area (Å²) in [6.07, 6.45) is 0. The first-order valence-corrected chi connectivity index (χ1v) is 7.89. The largest absolute Gasteiger partial charge is 0.481 e. The lowest BCUT2D eigenvalue weighted by molar-refractivity contribution is -0.149. The maximum absolute atomic E-state index is 11.9. The molecule has 3 N–H and O–H groups in total. The van der Waals surface area contributed by atoms with Crippen LogP contribution in [0.25, 0.3) is 0 Å². The van der Waals surface area contributed by atoms with E-state index in [0.717, 1.165) is 0 Å². The summed E-state index contributed by atoms with van der Waals surface area (Å²) in [6, 6.07) is 11.1. The molecule has 0 radical (unpaired) electrons. The van der Waals surface area contributed by atoms with Crippen LogP contribution in [0.5, 0.6) is 17.2 Å². The van der Waals surface area contributed by atoms with E-state index in [4.69, 9.17) is 24.7 Å². The summed E-state index contributed by atoms with van der Waals surface area (Å²) < 4.78 is 20.5. The first-order chi connectivity index (χ1) is 13.0. The van der Waals surface area contributed by atoms with E-state index in [9.17, 15) is 14.4 Å². The van der Waals surface area contributed by atoms with Gasteiger partial charge in [0, 0.05) is 11.8 Å². The zero-order chi connectivity index (χ0) is 19.2. The molecule has 0 bridgehead atoms. The van der Waals surface area contributed by atoms with Gasteiger partial charge in [-0.3, -0.25) is 9.59 Å². The minimum Gasteiger partial charge on any atom is -0.481 e. The van der Waals surface area contributed by atoms with Gasteiger partial charge in [-0.2, -0.15) is 0 Å². The number of para-hydroxylation sites is 1. The molecule has 27 heavy (non-hydrogen) atoms. The Morgan fingerprint density at radius 1 is 1.04 bits per heavy atom. The van der Waals surface area contributed by atoms with Gasteiger partial charge < -0.3 is 30.0 Å². The van der Waals surface area contributed by atoms with Crippen molar-refractivity contribution in [1.82, 2.24) is 0 Å². The van der Waals surface area contributed by atoms with Crippen molar-refractivity contribution in [2.45, 2.75) is 0 Å². The lowest BCUT2D eigenvalue weighted by Crippen LogP contribution is -2.24. The lowest BCUT2D eigenvalue weighted by atomic mass is 10.2. The van der Waals surface area contributed by atoms with Crippen molar-refractivity contribution in [3.63, 3.8) is 0 Å². The summed E-state index contributed by atoms with van der Waals surface area (Å²) in [7, 11) is 0. The number of anilines is 1. The number of esters is 1. The van der Waals surface area contributed by atoms with Crippen LogP contribution in [0.2, 0.25) is 0 Å². The molecule has 1 heterocycles. The van der Waals surface area contributed by atoms with Crippen molar-refractivity contribution in [2.75, 3.05) is 25.3 Å². The Balaban J connectivity index is 1.45. The van der Waals surface area contributed by atoms with E-state index in [1.165, 1.54) is 12.1 Å². The molecule has 2 amide bonds. The molecular formula is C18H16N2O7. The van der Waals surface area contributed by atoms with Crippen LogP contribution in [0.4, 0.5) is 5.69 Å². The highest BCUT2D eigenvalue weighted by Gasteiger charge is 2.15.